The Bertz CT molecular complexity index is 640. The van der Waals surface area contributed by atoms with E-state index in [0.717, 1.165) is 0 Å². The van der Waals surface area contributed by atoms with Crippen molar-refractivity contribution in [2.45, 2.75) is 6.92 Å². The second-order valence-corrected chi connectivity index (χ2v) is 4.35. The zero-order valence-corrected chi connectivity index (χ0v) is 10.2. The van der Waals surface area contributed by atoms with Crippen LogP contribution >= 0.6 is 23.2 Å². The van der Waals surface area contributed by atoms with Gasteiger partial charge in [-0.1, -0.05) is 23.2 Å². The maximum absolute atomic E-state index is 11.1. The summed E-state index contributed by atoms with van der Waals surface area (Å²) in [5.74, 6) is -1.63. The monoisotopic (exact) mass is 271 g/mol. The van der Waals surface area contributed by atoms with E-state index in [1.807, 2.05) is 0 Å². The van der Waals surface area contributed by atoms with Gasteiger partial charge in [-0.25, -0.2) is 9.78 Å². The fourth-order valence-corrected chi connectivity index (χ4v) is 2.15. The third kappa shape index (κ3) is 1.90. The number of pyridine rings is 1. The summed E-state index contributed by atoms with van der Waals surface area (Å²) in [6, 6.07) is 2.89. The van der Waals surface area contributed by atoms with Gasteiger partial charge in [0.05, 0.1) is 16.2 Å². The fraction of sp³-hybridized carbons (Fsp3) is 0.0909. The molecule has 0 aliphatic heterocycles. The highest BCUT2D eigenvalue weighted by Gasteiger charge is 2.19. The first-order valence-electron chi connectivity index (χ1n) is 4.63. The number of nitrogens with zero attached hydrogens (tertiary/aromatic N) is 1. The second-order valence-electron chi connectivity index (χ2n) is 3.51. The number of aromatic carboxylic acids is 1. The van der Waals surface area contributed by atoms with E-state index in [9.17, 15) is 9.90 Å². The number of carboxylic acid groups (broad SMARTS) is 1. The van der Waals surface area contributed by atoms with Gasteiger partial charge in [0.25, 0.3) is 0 Å². The van der Waals surface area contributed by atoms with Gasteiger partial charge in [0, 0.05) is 10.4 Å². The Morgan fingerprint density at radius 3 is 2.59 bits per heavy atom. The van der Waals surface area contributed by atoms with Crippen LogP contribution in [-0.2, 0) is 0 Å². The summed E-state index contributed by atoms with van der Waals surface area (Å²) in [6.07, 6.45) is 0. The molecule has 2 aromatic rings. The van der Waals surface area contributed by atoms with Gasteiger partial charge in [-0.05, 0) is 19.1 Å². The first-order valence-corrected chi connectivity index (χ1v) is 5.39. The minimum absolute atomic E-state index is 0.208. The predicted molar refractivity (Wildman–Crippen MR) is 65.1 cm³/mol. The average Bonchev–Trinajstić information content (AvgIpc) is 2.20. The van der Waals surface area contributed by atoms with E-state index in [2.05, 4.69) is 4.98 Å². The minimum atomic E-state index is -1.25. The molecule has 6 heteroatoms. The number of aromatic nitrogens is 1. The number of aromatic hydroxyl groups is 1. The highest BCUT2D eigenvalue weighted by Crippen LogP contribution is 2.34. The molecule has 0 spiro atoms. The molecule has 0 atom stereocenters. The molecule has 4 nitrogen and oxygen atoms in total. The number of halogens is 2. The van der Waals surface area contributed by atoms with E-state index in [1.54, 1.807) is 0 Å². The molecule has 0 aliphatic carbocycles. The molecular weight excluding hydrogens is 265 g/mol. The van der Waals surface area contributed by atoms with E-state index in [4.69, 9.17) is 28.3 Å². The Kier molecular flexibility index (Phi) is 2.85. The fourth-order valence-electron chi connectivity index (χ4n) is 1.62. The van der Waals surface area contributed by atoms with Crippen molar-refractivity contribution in [1.29, 1.82) is 0 Å². The molecule has 0 unspecified atom stereocenters. The van der Waals surface area contributed by atoms with E-state index >= 15 is 0 Å². The molecule has 0 saturated heterocycles. The Morgan fingerprint density at radius 1 is 1.35 bits per heavy atom. The van der Waals surface area contributed by atoms with Crippen LogP contribution in [0.3, 0.4) is 0 Å². The van der Waals surface area contributed by atoms with Crippen LogP contribution in [0.15, 0.2) is 12.1 Å². The Morgan fingerprint density at radius 2 is 2.00 bits per heavy atom. The van der Waals surface area contributed by atoms with Gasteiger partial charge in [0.2, 0.25) is 0 Å². The molecule has 0 bridgehead atoms. The Hall–Kier alpha value is -1.52. The number of carbonyl (C=O) groups is 1. The predicted octanol–water partition coefficient (Wildman–Crippen LogP) is 3.25. The smallest absolute Gasteiger partial charge is 0.340 e. The highest BCUT2D eigenvalue weighted by atomic mass is 35.5. The first kappa shape index (κ1) is 12.0. The van der Waals surface area contributed by atoms with Gasteiger partial charge < -0.3 is 10.2 Å². The van der Waals surface area contributed by atoms with Gasteiger partial charge in [-0.3, -0.25) is 0 Å². The summed E-state index contributed by atoms with van der Waals surface area (Å²) in [4.78, 5) is 15.2. The number of aryl methyl sites for hydroxylation is 1. The lowest BCUT2D eigenvalue weighted by Crippen LogP contribution is -2.02. The van der Waals surface area contributed by atoms with Crippen molar-refractivity contribution in [2.24, 2.45) is 0 Å². The van der Waals surface area contributed by atoms with E-state index in [0.29, 0.717) is 5.52 Å². The van der Waals surface area contributed by atoms with Gasteiger partial charge >= 0.3 is 5.97 Å². The molecule has 1 heterocycles. The lowest BCUT2D eigenvalue weighted by Gasteiger charge is -2.09. The normalized spacial score (nSPS) is 10.8. The largest absolute Gasteiger partial charge is 0.505 e. The summed E-state index contributed by atoms with van der Waals surface area (Å²) in [7, 11) is 0. The number of hydrogen-bond donors (Lipinski definition) is 2. The molecule has 1 aromatic carbocycles. The van der Waals surface area contributed by atoms with Crippen molar-refractivity contribution in [2.75, 3.05) is 0 Å². The van der Waals surface area contributed by atoms with Crippen LogP contribution in [0.4, 0.5) is 0 Å². The van der Waals surface area contributed by atoms with Crippen molar-refractivity contribution in [3.05, 3.63) is 33.4 Å². The molecule has 2 rings (SSSR count). The molecule has 0 amide bonds. The molecule has 88 valence electrons. The SMILES string of the molecule is Cc1nc2c(Cl)cc(Cl)cc2c(C(=O)O)c1O. The third-order valence-electron chi connectivity index (χ3n) is 2.37. The molecule has 2 N–H and O–H groups in total. The van der Waals surface area contributed by atoms with Crippen LogP contribution in [0.2, 0.25) is 10.0 Å². The second kappa shape index (κ2) is 4.05. The quantitative estimate of drug-likeness (QED) is 0.835. The average molecular weight is 272 g/mol. The summed E-state index contributed by atoms with van der Waals surface area (Å²) >= 11 is 11.7. The lowest BCUT2D eigenvalue weighted by atomic mass is 10.1. The summed E-state index contributed by atoms with van der Waals surface area (Å²) in [5, 5.41) is 19.6. The van der Waals surface area contributed by atoms with Crippen molar-refractivity contribution >= 4 is 40.1 Å². The van der Waals surface area contributed by atoms with Crippen LogP contribution in [-0.4, -0.2) is 21.2 Å². The molecule has 17 heavy (non-hydrogen) atoms. The molecule has 0 saturated carbocycles. The molecule has 1 aromatic heterocycles. The maximum atomic E-state index is 11.1. The van der Waals surface area contributed by atoms with Crippen molar-refractivity contribution in [3.8, 4) is 5.75 Å². The Balaban J connectivity index is 3.03. The van der Waals surface area contributed by atoms with Crippen LogP contribution < -0.4 is 0 Å². The number of fused-ring (bicyclic) bond motifs is 1. The zero-order chi connectivity index (χ0) is 12.7. The van der Waals surface area contributed by atoms with E-state index in [-0.39, 0.29) is 32.4 Å². The first-order chi connectivity index (χ1) is 7.91. The number of benzene rings is 1. The van der Waals surface area contributed by atoms with Crippen molar-refractivity contribution in [3.63, 3.8) is 0 Å². The molecule has 0 radical (unpaired) electrons. The van der Waals surface area contributed by atoms with Crippen molar-refractivity contribution < 1.29 is 15.0 Å². The van der Waals surface area contributed by atoms with Crippen LogP contribution in [0.5, 0.6) is 5.75 Å². The standard InChI is InChI=1S/C11H7Cl2NO3/c1-4-10(15)8(11(16)17)6-2-5(12)3-7(13)9(6)14-4/h2-3,15H,1H3,(H,16,17). The van der Waals surface area contributed by atoms with Crippen molar-refractivity contribution in [1.82, 2.24) is 4.98 Å². The van der Waals surface area contributed by atoms with Gasteiger partial charge in [0.15, 0.2) is 5.75 Å². The maximum Gasteiger partial charge on any atom is 0.340 e. The zero-order valence-electron chi connectivity index (χ0n) is 8.66. The summed E-state index contributed by atoms with van der Waals surface area (Å²) < 4.78 is 0. The topological polar surface area (TPSA) is 70.4 Å². The number of hydrogen-bond acceptors (Lipinski definition) is 3. The van der Waals surface area contributed by atoms with E-state index < -0.39 is 5.97 Å². The van der Waals surface area contributed by atoms with Crippen LogP contribution in [0, 0.1) is 6.92 Å². The minimum Gasteiger partial charge on any atom is -0.505 e. The van der Waals surface area contributed by atoms with Gasteiger partial charge in [0.1, 0.15) is 5.56 Å². The lowest BCUT2D eigenvalue weighted by molar-refractivity contribution is 0.0695. The number of carboxylic acids is 1. The highest BCUT2D eigenvalue weighted by molar-refractivity contribution is 6.38. The summed E-state index contributed by atoms with van der Waals surface area (Å²) in [6.45, 7) is 1.51. The third-order valence-corrected chi connectivity index (χ3v) is 2.88. The molecule has 0 fully saturated rings. The van der Waals surface area contributed by atoms with Crippen LogP contribution in [0.1, 0.15) is 16.1 Å². The molecule has 0 aliphatic rings. The number of rotatable bonds is 1. The summed E-state index contributed by atoms with van der Waals surface area (Å²) in [5.41, 5.74) is 0.278. The van der Waals surface area contributed by atoms with Gasteiger partial charge in [-0.2, -0.15) is 0 Å². The Labute approximate surface area is 106 Å². The van der Waals surface area contributed by atoms with Crippen LogP contribution in [0.25, 0.3) is 10.9 Å². The van der Waals surface area contributed by atoms with Gasteiger partial charge in [-0.15, -0.1) is 0 Å². The molecular formula is C11H7Cl2NO3. The van der Waals surface area contributed by atoms with E-state index in [1.165, 1.54) is 19.1 Å².